The predicted molar refractivity (Wildman–Crippen MR) is 77.7 cm³/mol. The lowest BCUT2D eigenvalue weighted by molar-refractivity contribution is 0.0284. The van der Waals surface area contributed by atoms with Gasteiger partial charge in [-0.05, 0) is 38.5 Å². The smallest absolute Gasteiger partial charge is 0.410 e. The minimum absolute atomic E-state index is 0.0844. The van der Waals surface area contributed by atoms with Gasteiger partial charge in [-0.25, -0.2) is 9.59 Å². The van der Waals surface area contributed by atoms with Crippen LogP contribution in [0, 0.1) is 0 Å². The van der Waals surface area contributed by atoms with Gasteiger partial charge in [0, 0.05) is 13.6 Å². The first-order chi connectivity index (χ1) is 9.64. The third-order valence-electron chi connectivity index (χ3n) is 2.62. The van der Waals surface area contributed by atoms with E-state index in [0.29, 0.717) is 6.54 Å². The number of hydrogen-bond donors (Lipinski definition) is 1. The Morgan fingerprint density at radius 3 is 2.38 bits per heavy atom. The highest BCUT2D eigenvalue weighted by Crippen LogP contribution is 2.21. The van der Waals surface area contributed by atoms with Crippen LogP contribution in [0.3, 0.4) is 0 Å². The topological polar surface area (TPSA) is 76.1 Å². The molecule has 0 bridgehead atoms. The van der Waals surface area contributed by atoms with E-state index in [4.69, 9.17) is 14.6 Å². The fourth-order valence-electron chi connectivity index (χ4n) is 1.69. The van der Waals surface area contributed by atoms with Crippen molar-refractivity contribution < 1.29 is 24.2 Å². The Hall–Kier alpha value is -2.24. The lowest BCUT2D eigenvalue weighted by Gasteiger charge is -2.24. The van der Waals surface area contributed by atoms with Gasteiger partial charge in [-0.3, -0.25) is 0 Å². The summed E-state index contributed by atoms with van der Waals surface area (Å²) >= 11 is 0. The Morgan fingerprint density at radius 2 is 1.90 bits per heavy atom. The monoisotopic (exact) mass is 295 g/mol. The van der Waals surface area contributed by atoms with Crippen LogP contribution in [0.2, 0.25) is 0 Å². The summed E-state index contributed by atoms with van der Waals surface area (Å²) in [5, 5.41) is 9.02. The van der Waals surface area contributed by atoms with Crippen LogP contribution in [0.25, 0.3) is 0 Å². The van der Waals surface area contributed by atoms with Crippen molar-refractivity contribution in [3.8, 4) is 5.75 Å². The van der Waals surface area contributed by atoms with Gasteiger partial charge in [0.1, 0.15) is 16.9 Å². The second kappa shape index (κ2) is 6.47. The molecule has 6 heteroatoms. The van der Waals surface area contributed by atoms with Crippen molar-refractivity contribution in [2.24, 2.45) is 0 Å². The number of carboxylic acids is 1. The molecule has 0 heterocycles. The van der Waals surface area contributed by atoms with Crippen molar-refractivity contribution in [1.82, 2.24) is 4.90 Å². The number of nitrogens with zero attached hydrogens (tertiary/aromatic N) is 1. The van der Waals surface area contributed by atoms with Crippen LogP contribution in [0.15, 0.2) is 18.2 Å². The molecule has 0 saturated carbocycles. The molecule has 0 radical (unpaired) electrons. The molecule has 1 aromatic carbocycles. The van der Waals surface area contributed by atoms with Gasteiger partial charge in [0.15, 0.2) is 0 Å². The van der Waals surface area contributed by atoms with Gasteiger partial charge >= 0.3 is 12.1 Å². The first kappa shape index (κ1) is 16.8. The molecule has 1 rings (SSSR count). The quantitative estimate of drug-likeness (QED) is 0.924. The second-order valence-electron chi connectivity index (χ2n) is 5.68. The Kier molecular flexibility index (Phi) is 5.18. The molecule has 0 aliphatic carbocycles. The molecular formula is C15H21NO5. The number of methoxy groups -OCH3 is 1. The number of hydrogen-bond acceptors (Lipinski definition) is 4. The average Bonchev–Trinajstić information content (AvgIpc) is 2.36. The van der Waals surface area contributed by atoms with Crippen LogP contribution in [0.5, 0.6) is 5.75 Å². The first-order valence-corrected chi connectivity index (χ1v) is 6.48. The van der Waals surface area contributed by atoms with Gasteiger partial charge in [0.05, 0.1) is 7.11 Å². The van der Waals surface area contributed by atoms with Crippen molar-refractivity contribution >= 4 is 12.1 Å². The molecule has 1 aromatic rings. The van der Waals surface area contributed by atoms with E-state index in [0.717, 1.165) is 5.56 Å². The molecule has 6 nitrogen and oxygen atoms in total. The zero-order chi connectivity index (χ0) is 16.2. The summed E-state index contributed by atoms with van der Waals surface area (Å²) in [7, 11) is 3.02. The Bertz CT molecular complexity index is 533. The highest BCUT2D eigenvalue weighted by Gasteiger charge is 2.20. The summed E-state index contributed by atoms with van der Waals surface area (Å²) in [5.41, 5.74) is 0.280. The Morgan fingerprint density at radius 1 is 1.29 bits per heavy atom. The average molecular weight is 295 g/mol. The van der Waals surface area contributed by atoms with Gasteiger partial charge in [0.25, 0.3) is 0 Å². The van der Waals surface area contributed by atoms with Gasteiger partial charge in [0.2, 0.25) is 0 Å². The van der Waals surface area contributed by atoms with Crippen molar-refractivity contribution in [1.29, 1.82) is 0 Å². The number of carboxylic acid groups (broad SMARTS) is 1. The summed E-state index contributed by atoms with van der Waals surface area (Å²) in [4.78, 5) is 24.3. The van der Waals surface area contributed by atoms with Gasteiger partial charge in [-0.2, -0.15) is 0 Å². The fourth-order valence-corrected chi connectivity index (χ4v) is 1.69. The molecule has 0 aliphatic rings. The van der Waals surface area contributed by atoms with E-state index >= 15 is 0 Å². The van der Waals surface area contributed by atoms with E-state index in [1.54, 1.807) is 40.0 Å². The number of aromatic carboxylic acids is 1. The summed E-state index contributed by atoms with van der Waals surface area (Å²) < 4.78 is 10.3. The first-order valence-electron chi connectivity index (χ1n) is 6.48. The summed E-state index contributed by atoms with van der Waals surface area (Å²) in [6, 6.07) is 4.70. The number of carbonyl (C=O) groups excluding carboxylic acids is 1. The van der Waals surface area contributed by atoms with Gasteiger partial charge in [-0.15, -0.1) is 0 Å². The van der Waals surface area contributed by atoms with E-state index < -0.39 is 17.7 Å². The maximum atomic E-state index is 11.9. The highest BCUT2D eigenvalue weighted by atomic mass is 16.6. The third kappa shape index (κ3) is 4.98. The molecule has 1 amide bonds. The molecule has 21 heavy (non-hydrogen) atoms. The normalized spacial score (nSPS) is 10.9. The fraction of sp³-hybridized carbons (Fsp3) is 0.467. The molecule has 1 N–H and O–H groups in total. The third-order valence-corrected chi connectivity index (χ3v) is 2.62. The number of amides is 1. The second-order valence-corrected chi connectivity index (χ2v) is 5.68. The van der Waals surface area contributed by atoms with Crippen molar-refractivity contribution in [3.05, 3.63) is 29.3 Å². The molecule has 0 spiro atoms. The number of rotatable bonds is 4. The summed E-state index contributed by atoms with van der Waals surface area (Å²) in [5.74, 6) is -0.795. The molecule has 0 fully saturated rings. The van der Waals surface area contributed by atoms with Gasteiger partial charge < -0.3 is 19.5 Å². The Balaban J connectivity index is 2.84. The van der Waals surface area contributed by atoms with E-state index in [2.05, 4.69) is 0 Å². The summed E-state index contributed by atoms with van der Waals surface area (Å²) in [6.07, 6.45) is -0.441. The van der Waals surface area contributed by atoms with E-state index in [1.807, 2.05) is 0 Å². The zero-order valence-corrected chi connectivity index (χ0v) is 13.0. The van der Waals surface area contributed by atoms with E-state index in [-0.39, 0.29) is 11.3 Å². The standard InChI is InChI=1S/C15H21NO5/c1-15(2,3)21-14(19)16(4)9-10-6-7-11(13(17)18)12(8-10)20-5/h6-8H,9H2,1-5H3,(H,17,18). The van der Waals surface area contributed by atoms with Crippen LogP contribution < -0.4 is 4.74 Å². The minimum Gasteiger partial charge on any atom is -0.496 e. The van der Waals surface area contributed by atoms with E-state index in [9.17, 15) is 9.59 Å². The molecule has 0 atom stereocenters. The lowest BCUT2D eigenvalue weighted by atomic mass is 10.1. The SMILES string of the molecule is COc1cc(CN(C)C(=O)OC(C)(C)C)ccc1C(=O)O. The molecule has 0 saturated heterocycles. The number of benzene rings is 1. The molecule has 0 aromatic heterocycles. The van der Waals surface area contributed by atoms with Crippen LogP contribution in [0.4, 0.5) is 4.79 Å². The van der Waals surface area contributed by atoms with Crippen molar-refractivity contribution in [3.63, 3.8) is 0 Å². The number of carbonyl (C=O) groups is 2. The molecular weight excluding hydrogens is 274 g/mol. The maximum Gasteiger partial charge on any atom is 0.410 e. The predicted octanol–water partition coefficient (Wildman–Crippen LogP) is 2.76. The van der Waals surface area contributed by atoms with Crippen LogP contribution in [0.1, 0.15) is 36.7 Å². The lowest BCUT2D eigenvalue weighted by Crippen LogP contribution is -2.33. The molecule has 116 valence electrons. The molecule has 0 aliphatic heterocycles. The maximum absolute atomic E-state index is 11.9. The molecule has 0 unspecified atom stereocenters. The van der Waals surface area contributed by atoms with Crippen LogP contribution in [-0.4, -0.2) is 41.8 Å². The van der Waals surface area contributed by atoms with Crippen molar-refractivity contribution in [2.45, 2.75) is 32.9 Å². The minimum atomic E-state index is -1.06. The van der Waals surface area contributed by atoms with Gasteiger partial charge in [-0.1, -0.05) is 6.07 Å². The zero-order valence-electron chi connectivity index (χ0n) is 13.0. The number of ether oxygens (including phenoxy) is 2. The Labute approximate surface area is 124 Å². The van der Waals surface area contributed by atoms with Crippen LogP contribution in [-0.2, 0) is 11.3 Å². The van der Waals surface area contributed by atoms with Crippen LogP contribution >= 0.6 is 0 Å². The summed E-state index contributed by atoms with van der Waals surface area (Å²) in [6.45, 7) is 5.68. The largest absolute Gasteiger partial charge is 0.496 e. The highest BCUT2D eigenvalue weighted by molar-refractivity contribution is 5.91. The van der Waals surface area contributed by atoms with Crippen molar-refractivity contribution in [2.75, 3.05) is 14.2 Å². The van der Waals surface area contributed by atoms with E-state index in [1.165, 1.54) is 18.1 Å².